The third kappa shape index (κ3) is 3.39. The van der Waals surface area contributed by atoms with E-state index < -0.39 is 6.61 Å². The van der Waals surface area contributed by atoms with Crippen LogP contribution in [0.2, 0.25) is 0 Å². The summed E-state index contributed by atoms with van der Waals surface area (Å²) in [4.78, 5) is 2.15. The van der Waals surface area contributed by atoms with Crippen molar-refractivity contribution in [2.75, 3.05) is 18.0 Å². The van der Waals surface area contributed by atoms with Gasteiger partial charge in [0.05, 0.1) is 5.69 Å². The predicted octanol–water partition coefficient (Wildman–Crippen LogP) is 3.01. The number of hydrogen-bond donors (Lipinski definition) is 1. The first kappa shape index (κ1) is 13.6. The molecular weight excluding hydrogens is 262 g/mol. The Morgan fingerprint density at radius 1 is 1.15 bits per heavy atom. The van der Waals surface area contributed by atoms with E-state index >= 15 is 0 Å². The minimum atomic E-state index is -2.78. The van der Waals surface area contributed by atoms with Gasteiger partial charge in [0, 0.05) is 25.2 Å². The first-order valence-electron chi connectivity index (χ1n) is 7.27. The Hall–Kier alpha value is -1.36. The molecule has 1 atom stereocenters. The van der Waals surface area contributed by atoms with Gasteiger partial charge in [0.15, 0.2) is 0 Å². The summed E-state index contributed by atoms with van der Waals surface area (Å²) in [6.07, 6.45) is 4.77. The number of piperidine rings is 1. The third-order valence-corrected chi connectivity index (χ3v) is 3.89. The Morgan fingerprint density at radius 2 is 1.95 bits per heavy atom. The molecule has 0 bridgehead atoms. The van der Waals surface area contributed by atoms with Crippen LogP contribution in [0.25, 0.3) is 0 Å². The van der Waals surface area contributed by atoms with Gasteiger partial charge in [0.1, 0.15) is 5.75 Å². The standard InChI is InChI=1S/C15H20F2N2O/c16-15(17)20-14-6-2-1-5-13(14)19-9-3-4-12(10-19)18-11-7-8-11/h1-2,5-6,11-12,15,18H,3-4,7-10H2. The Balaban J connectivity index is 1.70. The molecule has 1 saturated heterocycles. The predicted molar refractivity (Wildman–Crippen MR) is 74.5 cm³/mol. The van der Waals surface area contributed by atoms with Crippen LogP contribution in [0.5, 0.6) is 5.75 Å². The summed E-state index contributed by atoms with van der Waals surface area (Å²) in [5.41, 5.74) is 0.773. The van der Waals surface area contributed by atoms with Crippen LogP contribution in [0.1, 0.15) is 25.7 Å². The van der Waals surface area contributed by atoms with Gasteiger partial charge in [-0.15, -0.1) is 0 Å². The number of hydrogen-bond acceptors (Lipinski definition) is 3. The summed E-state index contributed by atoms with van der Waals surface area (Å²) in [6.45, 7) is -1.02. The van der Waals surface area contributed by atoms with E-state index in [1.165, 1.54) is 12.8 Å². The maximum absolute atomic E-state index is 12.5. The monoisotopic (exact) mass is 282 g/mol. The zero-order valence-electron chi connectivity index (χ0n) is 11.4. The topological polar surface area (TPSA) is 24.5 Å². The number of ether oxygens (including phenoxy) is 1. The number of anilines is 1. The average Bonchev–Trinajstić information content (AvgIpc) is 3.23. The lowest BCUT2D eigenvalue weighted by Crippen LogP contribution is -2.46. The van der Waals surface area contributed by atoms with Crippen molar-refractivity contribution in [1.29, 1.82) is 0 Å². The largest absolute Gasteiger partial charge is 0.433 e. The fourth-order valence-electron chi connectivity index (χ4n) is 2.83. The maximum Gasteiger partial charge on any atom is 0.387 e. The number of halogens is 2. The fourth-order valence-corrected chi connectivity index (χ4v) is 2.83. The minimum absolute atomic E-state index is 0.273. The van der Waals surface area contributed by atoms with E-state index in [9.17, 15) is 8.78 Å². The van der Waals surface area contributed by atoms with Crippen molar-refractivity contribution in [1.82, 2.24) is 5.32 Å². The molecule has 0 radical (unpaired) electrons. The summed E-state index contributed by atoms with van der Waals surface area (Å²) in [7, 11) is 0. The van der Waals surface area contributed by atoms with E-state index in [0.29, 0.717) is 12.1 Å². The van der Waals surface area contributed by atoms with Gasteiger partial charge in [0.25, 0.3) is 0 Å². The molecule has 0 spiro atoms. The van der Waals surface area contributed by atoms with Gasteiger partial charge in [-0.2, -0.15) is 8.78 Å². The van der Waals surface area contributed by atoms with Crippen molar-refractivity contribution in [2.45, 2.75) is 44.4 Å². The van der Waals surface area contributed by atoms with Crippen LogP contribution in [-0.4, -0.2) is 31.8 Å². The summed E-state index contributed by atoms with van der Waals surface area (Å²) >= 11 is 0. The molecule has 1 heterocycles. The van der Waals surface area contributed by atoms with Crippen LogP contribution in [-0.2, 0) is 0 Å². The minimum Gasteiger partial charge on any atom is -0.433 e. The van der Waals surface area contributed by atoms with E-state index in [1.807, 2.05) is 12.1 Å². The van der Waals surface area contributed by atoms with Crippen LogP contribution in [0, 0.1) is 0 Å². The van der Waals surface area contributed by atoms with Gasteiger partial charge < -0.3 is 15.0 Å². The van der Waals surface area contributed by atoms with Crippen LogP contribution >= 0.6 is 0 Å². The molecular formula is C15H20F2N2O. The molecule has 1 aromatic rings. The van der Waals surface area contributed by atoms with E-state index in [4.69, 9.17) is 0 Å². The van der Waals surface area contributed by atoms with Crippen molar-refractivity contribution >= 4 is 5.69 Å². The molecule has 2 aliphatic rings. The number of alkyl halides is 2. The summed E-state index contributed by atoms with van der Waals surface area (Å²) in [5, 5.41) is 3.62. The van der Waals surface area contributed by atoms with Gasteiger partial charge in [-0.1, -0.05) is 12.1 Å². The molecule has 1 N–H and O–H groups in total. The first-order valence-corrected chi connectivity index (χ1v) is 7.27. The fraction of sp³-hybridized carbons (Fsp3) is 0.600. The number of benzene rings is 1. The van der Waals surface area contributed by atoms with Gasteiger partial charge >= 0.3 is 6.61 Å². The quantitative estimate of drug-likeness (QED) is 0.898. The highest BCUT2D eigenvalue weighted by Crippen LogP contribution is 2.32. The van der Waals surface area contributed by atoms with E-state index in [1.54, 1.807) is 12.1 Å². The summed E-state index contributed by atoms with van der Waals surface area (Å²) in [6, 6.07) is 8.19. The van der Waals surface area contributed by atoms with Crippen LogP contribution in [0.4, 0.5) is 14.5 Å². The average molecular weight is 282 g/mol. The van der Waals surface area contributed by atoms with E-state index in [0.717, 1.165) is 31.6 Å². The molecule has 0 amide bonds. The molecule has 110 valence electrons. The van der Waals surface area contributed by atoms with Crippen molar-refractivity contribution in [3.63, 3.8) is 0 Å². The summed E-state index contributed by atoms with van der Waals surface area (Å²) < 4.78 is 29.6. The van der Waals surface area contributed by atoms with Crippen LogP contribution in [0.3, 0.4) is 0 Å². The second-order valence-electron chi connectivity index (χ2n) is 5.57. The van der Waals surface area contributed by atoms with Crippen molar-refractivity contribution in [3.05, 3.63) is 24.3 Å². The molecule has 2 fully saturated rings. The smallest absolute Gasteiger partial charge is 0.387 e. The molecule has 1 aliphatic carbocycles. The number of para-hydroxylation sites is 2. The molecule has 5 heteroatoms. The van der Waals surface area contributed by atoms with Gasteiger partial charge in [0.2, 0.25) is 0 Å². The number of nitrogens with one attached hydrogen (secondary N) is 1. The highest BCUT2D eigenvalue weighted by Gasteiger charge is 2.28. The molecule has 1 unspecified atom stereocenters. The van der Waals surface area contributed by atoms with Crippen LogP contribution < -0.4 is 15.0 Å². The second-order valence-corrected chi connectivity index (χ2v) is 5.57. The molecule has 3 rings (SSSR count). The molecule has 3 nitrogen and oxygen atoms in total. The summed E-state index contributed by atoms with van der Waals surface area (Å²) in [5.74, 6) is 0.273. The third-order valence-electron chi connectivity index (χ3n) is 3.89. The number of nitrogens with zero attached hydrogens (tertiary/aromatic N) is 1. The lowest BCUT2D eigenvalue weighted by Gasteiger charge is -2.35. The lowest BCUT2D eigenvalue weighted by atomic mass is 10.0. The zero-order valence-corrected chi connectivity index (χ0v) is 11.4. The normalized spacial score (nSPS) is 23.1. The second kappa shape index (κ2) is 5.95. The van der Waals surface area contributed by atoms with Gasteiger partial charge in [-0.25, -0.2) is 0 Å². The highest BCUT2D eigenvalue weighted by molar-refractivity contribution is 5.58. The Morgan fingerprint density at radius 3 is 2.70 bits per heavy atom. The van der Waals surface area contributed by atoms with Crippen molar-refractivity contribution in [3.8, 4) is 5.75 Å². The first-order chi connectivity index (χ1) is 9.72. The van der Waals surface area contributed by atoms with Crippen molar-refractivity contribution in [2.24, 2.45) is 0 Å². The highest BCUT2D eigenvalue weighted by atomic mass is 19.3. The van der Waals surface area contributed by atoms with Gasteiger partial charge in [-0.3, -0.25) is 0 Å². The molecule has 0 aromatic heterocycles. The zero-order chi connectivity index (χ0) is 13.9. The lowest BCUT2D eigenvalue weighted by molar-refractivity contribution is -0.0495. The van der Waals surface area contributed by atoms with Gasteiger partial charge in [-0.05, 0) is 37.8 Å². The molecule has 1 aromatic carbocycles. The maximum atomic E-state index is 12.5. The van der Waals surface area contributed by atoms with Crippen LogP contribution in [0.15, 0.2) is 24.3 Å². The molecule has 20 heavy (non-hydrogen) atoms. The Kier molecular flexibility index (Phi) is 4.05. The van der Waals surface area contributed by atoms with Crippen molar-refractivity contribution < 1.29 is 13.5 Å². The SMILES string of the molecule is FC(F)Oc1ccccc1N1CCCC(NC2CC2)C1. The molecule has 1 saturated carbocycles. The molecule has 1 aliphatic heterocycles. The van der Waals surface area contributed by atoms with E-state index in [-0.39, 0.29) is 5.75 Å². The van der Waals surface area contributed by atoms with E-state index in [2.05, 4.69) is 15.0 Å². The Labute approximate surface area is 117 Å². The Bertz CT molecular complexity index is 451. The number of rotatable bonds is 5.